The van der Waals surface area contributed by atoms with Crippen molar-refractivity contribution < 1.29 is 5.11 Å². The molecule has 0 aliphatic carbocycles. The van der Waals surface area contributed by atoms with Crippen LogP contribution in [0.1, 0.15) is 25.3 Å². The van der Waals surface area contributed by atoms with Crippen LogP contribution in [0, 0.1) is 0 Å². The minimum absolute atomic E-state index is 0.703. The zero-order valence-corrected chi connectivity index (χ0v) is 10.2. The Kier molecular flexibility index (Phi) is 3.30. The predicted octanol–water partition coefficient (Wildman–Crippen LogP) is 4.01. The maximum absolute atomic E-state index is 10.4. The molecule has 0 aromatic heterocycles. The van der Waals surface area contributed by atoms with Gasteiger partial charge in [0.2, 0.25) is 0 Å². The van der Waals surface area contributed by atoms with E-state index in [1.165, 1.54) is 10.8 Å². The first kappa shape index (κ1) is 11.9. The Morgan fingerprint density at radius 2 is 1.88 bits per heavy atom. The fourth-order valence-electron chi connectivity index (χ4n) is 2.05. The van der Waals surface area contributed by atoms with Crippen LogP contribution in [0.2, 0.25) is 0 Å². The first-order valence-corrected chi connectivity index (χ1v) is 5.96. The largest absolute Gasteiger partial charge is 0.385 e. The summed E-state index contributed by atoms with van der Waals surface area (Å²) in [6, 6.07) is 14.3. The molecule has 0 saturated heterocycles. The van der Waals surface area contributed by atoms with Crippen molar-refractivity contribution in [3.8, 4) is 0 Å². The molecule has 0 amide bonds. The van der Waals surface area contributed by atoms with E-state index < -0.39 is 5.60 Å². The molecule has 1 heteroatoms. The van der Waals surface area contributed by atoms with Gasteiger partial charge in [-0.3, -0.25) is 0 Å². The Bertz CT molecular complexity index is 526. The number of rotatable bonds is 4. The molecule has 0 heterocycles. The third-order valence-electron chi connectivity index (χ3n) is 3.21. The highest BCUT2D eigenvalue weighted by Crippen LogP contribution is 2.28. The number of allylic oxidation sites excluding steroid dienone is 1. The van der Waals surface area contributed by atoms with Crippen LogP contribution in [0.3, 0.4) is 0 Å². The van der Waals surface area contributed by atoms with E-state index in [1.807, 2.05) is 31.2 Å². The second kappa shape index (κ2) is 4.72. The second-order valence-electron chi connectivity index (χ2n) is 4.66. The van der Waals surface area contributed by atoms with Crippen molar-refractivity contribution in [2.45, 2.75) is 25.4 Å². The lowest BCUT2D eigenvalue weighted by molar-refractivity contribution is 0.0489. The maximum Gasteiger partial charge on any atom is 0.0871 e. The van der Waals surface area contributed by atoms with E-state index in [9.17, 15) is 5.11 Å². The van der Waals surface area contributed by atoms with Gasteiger partial charge < -0.3 is 5.11 Å². The maximum atomic E-state index is 10.4. The summed E-state index contributed by atoms with van der Waals surface area (Å²) in [6.45, 7) is 5.56. The third kappa shape index (κ3) is 2.56. The molecule has 0 bridgehead atoms. The average molecular weight is 226 g/mol. The molecule has 0 aliphatic rings. The molecule has 88 valence electrons. The Hall–Kier alpha value is -1.60. The van der Waals surface area contributed by atoms with Crippen molar-refractivity contribution in [1.29, 1.82) is 0 Å². The van der Waals surface area contributed by atoms with Crippen molar-refractivity contribution in [2.75, 3.05) is 0 Å². The normalized spacial score (nSPS) is 14.5. The summed E-state index contributed by atoms with van der Waals surface area (Å²) in [5.41, 5.74) is 0.191. The summed E-state index contributed by atoms with van der Waals surface area (Å²) in [5, 5.41) is 12.8. The Morgan fingerprint density at radius 3 is 2.59 bits per heavy atom. The zero-order valence-electron chi connectivity index (χ0n) is 10.2. The van der Waals surface area contributed by atoms with Crippen molar-refractivity contribution in [3.05, 3.63) is 60.7 Å². The first-order valence-electron chi connectivity index (χ1n) is 5.96. The monoisotopic (exact) mass is 226 g/mol. The highest BCUT2D eigenvalue weighted by Gasteiger charge is 2.21. The minimum atomic E-state index is -0.780. The van der Waals surface area contributed by atoms with Gasteiger partial charge in [0.15, 0.2) is 0 Å². The van der Waals surface area contributed by atoms with Gasteiger partial charge in [-0.1, -0.05) is 42.5 Å². The van der Waals surface area contributed by atoms with Crippen LogP contribution in [0.25, 0.3) is 10.8 Å². The van der Waals surface area contributed by atoms with Crippen molar-refractivity contribution in [1.82, 2.24) is 0 Å². The van der Waals surface area contributed by atoms with E-state index in [0.29, 0.717) is 6.42 Å². The topological polar surface area (TPSA) is 20.2 Å². The Balaban J connectivity index is 2.38. The zero-order chi connectivity index (χ0) is 12.3. The summed E-state index contributed by atoms with van der Waals surface area (Å²) in [6.07, 6.45) is 3.37. The number of hydrogen-bond donors (Lipinski definition) is 1. The van der Waals surface area contributed by atoms with Gasteiger partial charge in [-0.15, -0.1) is 6.58 Å². The van der Waals surface area contributed by atoms with E-state index in [2.05, 4.69) is 30.8 Å². The van der Waals surface area contributed by atoms with Crippen LogP contribution < -0.4 is 0 Å². The van der Waals surface area contributed by atoms with Gasteiger partial charge in [-0.2, -0.15) is 0 Å². The number of benzene rings is 2. The number of hydrogen-bond acceptors (Lipinski definition) is 1. The molecule has 1 unspecified atom stereocenters. The highest BCUT2D eigenvalue weighted by atomic mass is 16.3. The van der Waals surface area contributed by atoms with Crippen LogP contribution in [0.5, 0.6) is 0 Å². The van der Waals surface area contributed by atoms with Gasteiger partial charge in [-0.25, -0.2) is 0 Å². The average Bonchev–Trinajstić information content (AvgIpc) is 2.36. The van der Waals surface area contributed by atoms with Crippen LogP contribution in [-0.2, 0) is 5.60 Å². The van der Waals surface area contributed by atoms with Gasteiger partial charge in [0.05, 0.1) is 5.60 Å². The summed E-state index contributed by atoms with van der Waals surface area (Å²) >= 11 is 0. The standard InChI is InChI=1S/C16H18O/c1-3-4-11-16(2,17)15-10-9-13-7-5-6-8-14(13)12-15/h3,5-10,12,17H,1,4,11H2,2H3. The Morgan fingerprint density at radius 1 is 1.18 bits per heavy atom. The minimum Gasteiger partial charge on any atom is -0.385 e. The van der Waals surface area contributed by atoms with Gasteiger partial charge in [0, 0.05) is 0 Å². The summed E-state index contributed by atoms with van der Waals surface area (Å²) in [5.74, 6) is 0. The van der Waals surface area contributed by atoms with Gasteiger partial charge >= 0.3 is 0 Å². The molecule has 17 heavy (non-hydrogen) atoms. The molecule has 2 aromatic rings. The van der Waals surface area contributed by atoms with Gasteiger partial charge in [0.25, 0.3) is 0 Å². The molecule has 0 radical (unpaired) electrons. The summed E-state index contributed by atoms with van der Waals surface area (Å²) in [7, 11) is 0. The van der Waals surface area contributed by atoms with Crippen LogP contribution in [-0.4, -0.2) is 5.11 Å². The molecule has 0 aliphatic heterocycles. The fourth-order valence-corrected chi connectivity index (χ4v) is 2.05. The number of aliphatic hydroxyl groups is 1. The van der Waals surface area contributed by atoms with E-state index in [-0.39, 0.29) is 0 Å². The number of fused-ring (bicyclic) bond motifs is 1. The van der Waals surface area contributed by atoms with Crippen LogP contribution >= 0.6 is 0 Å². The van der Waals surface area contributed by atoms with Crippen LogP contribution in [0.15, 0.2) is 55.1 Å². The molecular formula is C16H18O. The molecule has 1 nitrogen and oxygen atoms in total. The lowest BCUT2D eigenvalue weighted by Gasteiger charge is -2.23. The second-order valence-corrected chi connectivity index (χ2v) is 4.66. The molecular weight excluding hydrogens is 208 g/mol. The van der Waals surface area contributed by atoms with E-state index in [1.54, 1.807) is 0 Å². The van der Waals surface area contributed by atoms with Crippen molar-refractivity contribution in [3.63, 3.8) is 0 Å². The van der Waals surface area contributed by atoms with Crippen molar-refractivity contribution >= 4 is 10.8 Å². The summed E-state index contributed by atoms with van der Waals surface area (Å²) in [4.78, 5) is 0. The van der Waals surface area contributed by atoms with Crippen molar-refractivity contribution in [2.24, 2.45) is 0 Å². The van der Waals surface area contributed by atoms with Crippen LogP contribution in [0.4, 0.5) is 0 Å². The van der Waals surface area contributed by atoms with Gasteiger partial charge in [0.1, 0.15) is 0 Å². The summed E-state index contributed by atoms with van der Waals surface area (Å²) < 4.78 is 0. The van der Waals surface area contributed by atoms with E-state index in [4.69, 9.17) is 0 Å². The van der Waals surface area contributed by atoms with E-state index in [0.717, 1.165) is 12.0 Å². The molecule has 1 N–H and O–H groups in total. The molecule has 0 saturated carbocycles. The third-order valence-corrected chi connectivity index (χ3v) is 3.21. The lowest BCUT2D eigenvalue weighted by atomic mass is 9.89. The molecule has 1 atom stereocenters. The Labute approximate surface area is 102 Å². The van der Waals surface area contributed by atoms with E-state index >= 15 is 0 Å². The predicted molar refractivity (Wildman–Crippen MR) is 72.9 cm³/mol. The molecule has 2 aromatic carbocycles. The fraction of sp³-hybridized carbons (Fsp3) is 0.250. The quantitative estimate of drug-likeness (QED) is 0.781. The lowest BCUT2D eigenvalue weighted by Crippen LogP contribution is -2.20. The molecule has 0 spiro atoms. The smallest absolute Gasteiger partial charge is 0.0871 e. The molecule has 2 rings (SSSR count). The van der Waals surface area contributed by atoms with Gasteiger partial charge in [-0.05, 0) is 42.2 Å². The molecule has 0 fully saturated rings. The SMILES string of the molecule is C=CCCC(C)(O)c1ccc2ccccc2c1. The first-order chi connectivity index (χ1) is 8.13. The highest BCUT2D eigenvalue weighted by molar-refractivity contribution is 5.83.